The fourth-order valence-corrected chi connectivity index (χ4v) is 4.30. The summed E-state index contributed by atoms with van der Waals surface area (Å²) in [7, 11) is -3.69. The van der Waals surface area contributed by atoms with Crippen LogP contribution in [0.3, 0.4) is 0 Å². The Kier molecular flexibility index (Phi) is 5.80. The molecule has 0 aliphatic rings. The fraction of sp³-hybridized carbons (Fsp3) is 0.136. The summed E-state index contributed by atoms with van der Waals surface area (Å²) in [6.07, 6.45) is 0. The van der Waals surface area contributed by atoms with Gasteiger partial charge in [-0.25, -0.2) is 8.42 Å². The summed E-state index contributed by atoms with van der Waals surface area (Å²) in [4.78, 5) is 12.5. The van der Waals surface area contributed by atoms with Crippen LogP contribution in [-0.2, 0) is 10.0 Å². The van der Waals surface area contributed by atoms with Crippen molar-refractivity contribution < 1.29 is 13.2 Å². The van der Waals surface area contributed by atoms with Gasteiger partial charge in [-0.2, -0.15) is 0 Å². The van der Waals surface area contributed by atoms with E-state index < -0.39 is 10.0 Å². The second-order valence-electron chi connectivity index (χ2n) is 6.35. The number of hydrogen-bond acceptors (Lipinski definition) is 3. The van der Waals surface area contributed by atoms with Gasteiger partial charge in [0.2, 0.25) is 0 Å². The Bertz CT molecular complexity index is 1050. The maximum atomic E-state index is 13.0. The van der Waals surface area contributed by atoms with Crippen molar-refractivity contribution in [2.24, 2.45) is 0 Å². The first kappa shape index (κ1) is 19.6. The number of benzene rings is 3. The molecule has 0 heterocycles. The zero-order valence-electron chi connectivity index (χ0n) is 15.8. The highest BCUT2D eigenvalue weighted by Gasteiger charge is 2.23. The minimum absolute atomic E-state index is 0.173. The van der Waals surface area contributed by atoms with Crippen LogP contribution in [-0.4, -0.2) is 20.9 Å². The minimum atomic E-state index is -3.69. The lowest BCUT2D eigenvalue weighted by molar-refractivity contribution is 0.102. The van der Waals surface area contributed by atoms with E-state index >= 15 is 0 Å². The smallest absolute Gasteiger partial charge is 0.264 e. The molecule has 6 heteroatoms. The Morgan fingerprint density at radius 3 is 2.07 bits per heavy atom. The largest absolute Gasteiger partial charge is 0.322 e. The number of nitrogens with zero attached hydrogens (tertiary/aromatic N) is 1. The van der Waals surface area contributed by atoms with E-state index in [1.807, 2.05) is 25.1 Å². The van der Waals surface area contributed by atoms with Crippen molar-refractivity contribution in [1.82, 2.24) is 0 Å². The van der Waals surface area contributed by atoms with Crippen molar-refractivity contribution in [3.8, 4) is 0 Å². The van der Waals surface area contributed by atoms with Gasteiger partial charge in [-0.3, -0.25) is 9.10 Å². The molecule has 0 aliphatic heterocycles. The quantitative estimate of drug-likeness (QED) is 0.671. The minimum Gasteiger partial charge on any atom is -0.322 e. The lowest BCUT2D eigenvalue weighted by Gasteiger charge is -2.23. The van der Waals surface area contributed by atoms with Crippen LogP contribution in [0.5, 0.6) is 0 Å². The average molecular weight is 394 g/mol. The normalized spacial score (nSPS) is 11.1. The Hall–Kier alpha value is -3.12. The highest BCUT2D eigenvalue weighted by Crippen LogP contribution is 2.24. The molecule has 0 unspecified atom stereocenters. The number of para-hydroxylation sites is 1. The fourth-order valence-electron chi connectivity index (χ4n) is 2.83. The molecule has 0 spiro atoms. The van der Waals surface area contributed by atoms with Crippen molar-refractivity contribution in [2.45, 2.75) is 18.7 Å². The third-order valence-electron chi connectivity index (χ3n) is 4.35. The summed E-state index contributed by atoms with van der Waals surface area (Å²) in [6.45, 7) is 4.06. The van der Waals surface area contributed by atoms with E-state index in [-0.39, 0.29) is 10.8 Å². The molecule has 0 radical (unpaired) electrons. The average Bonchev–Trinajstić information content (AvgIpc) is 2.70. The maximum absolute atomic E-state index is 13.0. The lowest BCUT2D eigenvalue weighted by Crippen LogP contribution is -2.30. The van der Waals surface area contributed by atoms with Crippen LogP contribution in [0.1, 0.15) is 22.8 Å². The van der Waals surface area contributed by atoms with Crippen LogP contribution < -0.4 is 9.62 Å². The molecule has 1 amide bonds. The molecule has 0 aliphatic carbocycles. The number of nitrogens with one attached hydrogen (secondary N) is 1. The summed E-state index contributed by atoms with van der Waals surface area (Å²) in [5, 5.41) is 2.78. The first-order valence-electron chi connectivity index (χ1n) is 8.97. The third-order valence-corrected chi connectivity index (χ3v) is 6.26. The predicted octanol–water partition coefficient (Wildman–Crippen LogP) is 4.46. The van der Waals surface area contributed by atoms with Crippen molar-refractivity contribution >= 4 is 27.3 Å². The van der Waals surface area contributed by atoms with E-state index in [9.17, 15) is 13.2 Å². The van der Waals surface area contributed by atoms with Crippen LogP contribution in [0, 0.1) is 6.92 Å². The van der Waals surface area contributed by atoms with E-state index in [0.717, 1.165) is 5.56 Å². The first-order chi connectivity index (χ1) is 13.4. The predicted molar refractivity (Wildman–Crippen MR) is 112 cm³/mol. The van der Waals surface area contributed by atoms with E-state index in [2.05, 4.69) is 5.32 Å². The van der Waals surface area contributed by atoms with Gasteiger partial charge in [-0.05, 0) is 62.4 Å². The lowest BCUT2D eigenvalue weighted by atomic mass is 10.1. The van der Waals surface area contributed by atoms with Crippen molar-refractivity contribution in [2.75, 3.05) is 16.2 Å². The summed E-state index contributed by atoms with van der Waals surface area (Å²) in [5.41, 5.74) is 2.77. The highest BCUT2D eigenvalue weighted by atomic mass is 32.2. The van der Waals surface area contributed by atoms with Gasteiger partial charge in [0, 0.05) is 17.8 Å². The van der Waals surface area contributed by atoms with Gasteiger partial charge in [-0.15, -0.1) is 0 Å². The zero-order valence-corrected chi connectivity index (χ0v) is 16.6. The molecule has 0 fully saturated rings. The maximum Gasteiger partial charge on any atom is 0.264 e. The Balaban J connectivity index is 1.79. The number of amides is 1. The van der Waals surface area contributed by atoms with Gasteiger partial charge in [0.1, 0.15) is 0 Å². The number of hydrogen-bond donors (Lipinski definition) is 1. The van der Waals surface area contributed by atoms with Gasteiger partial charge in [0.25, 0.3) is 15.9 Å². The summed E-state index contributed by atoms with van der Waals surface area (Å²) >= 11 is 0. The van der Waals surface area contributed by atoms with Crippen LogP contribution >= 0.6 is 0 Å². The molecule has 0 atom stereocenters. The van der Waals surface area contributed by atoms with Gasteiger partial charge in [0.15, 0.2) is 0 Å². The topological polar surface area (TPSA) is 66.5 Å². The molecule has 3 rings (SSSR count). The summed E-state index contributed by atoms with van der Waals surface area (Å²) < 4.78 is 27.3. The van der Waals surface area contributed by atoms with Crippen molar-refractivity contribution in [3.05, 3.63) is 90.0 Å². The first-order valence-corrected chi connectivity index (χ1v) is 10.4. The molecule has 0 bridgehead atoms. The van der Waals surface area contributed by atoms with E-state index in [1.165, 1.54) is 16.4 Å². The van der Waals surface area contributed by atoms with Crippen LogP contribution in [0.15, 0.2) is 83.8 Å². The second kappa shape index (κ2) is 8.27. The molecule has 0 aromatic heterocycles. The summed E-state index contributed by atoms with van der Waals surface area (Å²) in [5.74, 6) is -0.241. The Morgan fingerprint density at radius 2 is 1.50 bits per heavy atom. The summed E-state index contributed by atoms with van der Waals surface area (Å²) in [6, 6.07) is 22.4. The molecule has 3 aromatic rings. The van der Waals surface area contributed by atoms with Crippen molar-refractivity contribution in [1.29, 1.82) is 0 Å². The van der Waals surface area contributed by atoms with E-state index in [0.29, 0.717) is 23.5 Å². The van der Waals surface area contributed by atoms with Gasteiger partial charge < -0.3 is 5.32 Å². The standard InChI is InChI=1S/C22H22N2O3S/c1-3-24(20-7-5-4-6-8-20)28(26,27)21-15-13-19(14-16-21)23-22(25)18-11-9-17(2)10-12-18/h4-16H,3H2,1-2H3,(H,23,25). The number of rotatable bonds is 6. The van der Waals surface area contributed by atoms with Crippen LogP contribution in [0.25, 0.3) is 0 Å². The van der Waals surface area contributed by atoms with Gasteiger partial charge >= 0.3 is 0 Å². The number of carbonyl (C=O) groups is 1. The molecule has 28 heavy (non-hydrogen) atoms. The monoisotopic (exact) mass is 394 g/mol. The second-order valence-corrected chi connectivity index (χ2v) is 8.21. The highest BCUT2D eigenvalue weighted by molar-refractivity contribution is 7.92. The SMILES string of the molecule is CCN(c1ccccc1)S(=O)(=O)c1ccc(NC(=O)c2ccc(C)cc2)cc1. The molecule has 0 saturated heterocycles. The zero-order chi connectivity index (χ0) is 20.1. The molecule has 0 saturated carbocycles. The number of carbonyl (C=O) groups excluding carboxylic acids is 1. The van der Waals surface area contributed by atoms with Crippen molar-refractivity contribution in [3.63, 3.8) is 0 Å². The molecule has 1 N–H and O–H groups in total. The van der Waals surface area contributed by atoms with Crippen LogP contribution in [0.2, 0.25) is 0 Å². The molecule has 144 valence electrons. The number of sulfonamides is 1. The molecule has 5 nitrogen and oxygen atoms in total. The molecule has 3 aromatic carbocycles. The number of anilines is 2. The Morgan fingerprint density at radius 1 is 0.893 bits per heavy atom. The van der Waals surface area contributed by atoms with E-state index in [4.69, 9.17) is 0 Å². The van der Waals surface area contributed by atoms with E-state index in [1.54, 1.807) is 55.5 Å². The number of aryl methyl sites for hydroxylation is 1. The third kappa shape index (κ3) is 4.23. The molecular weight excluding hydrogens is 372 g/mol. The van der Waals surface area contributed by atoms with Crippen LogP contribution in [0.4, 0.5) is 11.4 Å². The molecular formula is C22H22N2O3S. The Labute approximate surface area is 165 Å². The van der Waals surface area contributed by atoms with Gasteiger partial charge in [0.05, 0.1) is 10.6 Å². The van der Waals surface area contributed by atoms with Gasteiger partial charge in [-0.1, -0.05) is 35.9 Å².